The fourth-order valence-electron chi connectivity index (χ4n) is 0.916. The predicted octanol–water partition coefficient (Wildman–Crippen LogP) is 0.696. The van der Waals surface area contributed by atoms with E-state index >= 15 is 0 Å². The molecule has 3 N–H and O–H groups in total. The van der Waals surface area contributed by atoms with Gasteiger partial charge in [0.25, 0.3) is 0 Å². The molecule has 0 saturated heterocycles. The van der Waals surface area contributed by atoms with Crippen molar-refractivity contribution in [1.29, 1.82) is 0 Å². The fourth-order valence-corrected chi connectivity index (χ4v) is 0.916. The van der Waals surface area contributed by atoms with Crippen molar-refractivity contribution in [2.45, 2.75) is 6.54 Å². The summed E-state index contributed by atoms with van der Waals surface area (Å²) in [7, 11) is 0. The molecule has 0 atom stereocenters. The minimum absolute atomic E-state index is 0.644. The largest absolute Gasteiger partial charge is 0.359 e. The summed E-state index contributed by atoms with van der Waals surface area (Å²) < 4.78 is 0. The molecule has 62 valence electrons. The number of hydrogen-bond donors (Lipinski definition) is 2. The molecule has 0 radical (unpaired) electrons. The zero-order valence-corrected chi connectivity index (χ0v) is 6.88. The van der Waals surface area contributed by atoms with E-state index in [1.807, 2.05) is 18.2 Å². The van der Waals surface area contributed by atoms with Crippen molar-refractivity contribution in [3.05, 3.63) is 35.9 Å². The van der Waals surface area contributed by atoms with Crippen molar-refractivity contribution in [2.24, 2.45) is 5.73 Å². The van der Waals surface area contributed by atoms with Gasteiger partial charge in [-0.3, -0.25) is 0 Å². The zero-order chi connectivity index (χ0) is 8.65. The number of hydrogen-bond acceptors (Lipinski definition) is 2. The van der Waals surface area contributed by atoms with Gasteiger partial charge in [-0.15, -0.1) is 0 Å². The molecule has 0 unspecified atom stereocenters. The van der Waals surface area contributed by atoms with Crippen molar-refractivity contribution >= 4 is 0 Å². The van der Waals surface area contributed by atoms with Crippen LogP contribution >= 0.6 is 0 Å². The Morgan fingerprint density at radius 2 is 2.00 bits per heavy atom. The Morgan fingerprint density at radius 3 is 2.67 bits per heavy atom. The van der Waals surface area contributed by atoms with Gasteiger partial charge in [0.2, 0.25) is 0 Å². The standard InChI is InChI=1S/C10H12N2/c11-7-4-8-12-9-10-5-2-1-3-6-10/h1-3,5-6,12H,8-9,11H2. The highest BCUT2D eigenvalue weighted by atomic mass is 14.8. The first kappa shape index (κ1) is 8.63. The quantitative estimate of drug-likeness (QED) is 0.388. The van der Waals surface area contributed by atoms with Gasteiger partial charge in [-0.25, -0.2) is 0 Å². The third-order valence-electron chi connectivity index (χ3n) is 1.49. The molecule has 2 nitrogen and oxygen atoms in total. The molecule has 0 saturated carbocycles. The summed E-state index contributed by atoms with van der Waals surface area (Å²) >= 11 is 0. The zero-order valence-electron chi connectivity index (χ0n) is 6.88. The van der Waals surface area contributed by atoms with Crippen molar-refractivity contribution in [2.75, 3.05) is 6.54 Å². The predicted molar refractivity (Wildman–Crippen MR) is 50.1 cm³/mol. The Labute approximate surface area is 72.8 Å². The molecule has 1 rings (SSSR count). The molecule has 0 spiro atoms. The molecule has 1 aromatic carbocycles. The molecule has 12 heavy (non-hydrogen) atoms. The van der Waals surface area contributed by atoms with E-state index in [1.54, 1.807) is 0 Å². The van der Waals surface area contributed by atoms with Crippen LogP contribution in [0.5, 0.6) is 0 Å². The second-order valence-corrected chi connectivity index (χ2v) is 2.41. The van der Waals surface area contributed by atoms with Gasteiger partial charge in [0, 0.05) is 12.6 Å². The summed E-state index contributed by atoms with van der Waals surface area (Å²) in [5, 5.41) is 3.15. The van der Waals surface area contributed by atoms with E-state index in [9.17, 15) is 0 Å². The summed E-state index contributed by atoms with van der Waals surface area (Å²) in [6, 6.07) is 12.5. The Hall–Kier alpha value is -1.46. The smallest absolute Gasteiger partial charge is 0.0597 e. The molecule has 0 aliphatic carbocycles. The van der Waals surface area contributed by atoms with Gasteiger partial charge in [0.15, 0.2) is 0 Å². The maximum absolute atomic E-state index is 5.01. The molecule has 0 bridgehead atoms. The van der Waals surface area contributed by atoms with Crippen LogP contribution in [0, 0.1) is 12.0 Å². The van der Waals surface area contributed by atoms with Crippen LogP contribution in [0.4, 0.5) is 0 Å². The molecule has 2 heteroatoms. The van der Waals surface area contributed by atoms with Crippen LogP contribution in [0.2, 0.25) is 0 Å². The van der Waals surface area contributed by atoms with E-state index < -0.39 is 0 Å². The lowest BCUT2D eigenvalue weighted by molar-refractivity contribution is 0.770. The minimum Gasteiger partial charge on any atom is -0.359 e. The third-order valence-corrected chi connectivity index (χ3v) is 1.49. The molecule has 0 aliphatic rings. The number of rotatable bonds is 3. The first-order valence-corrected chi connectivity index (χ1v) is 3.86. The molecule has 0 aliphatic heterocycles. The van der Waals surface area contributed by atoms with Crippen LogP contribution in [0.1, 0.15) is 5.56 Å². The van der Waals surface area contributed by atoms with Gasteiger partial charge < -0.3 is 11.1 Å². The summed E-state index contributed by atoms with van der Waals surface area (Å²) in [6.07, 6.45) is 0. The highest BCUT2D eigenvalue weighted by molar-refractivity contribution is 5.14. The van der Waals surface area contributed by atoms with Gasteiger partial charge in [0.05, 0.1) is 6.54 Å². The summed E-state index contributed by atoms with van der Waals surface area (Å²) in [5.74, 6) is 2.74. The molecule has 0 heterocycles. The normalized spacial score (nSPS) is 8.67. The van der Waals surface area contributed by atoms with E-state index in [1.165, 1.54) is 5.56 Å². The van der Waals surface area contributed by atoms with Crippen LogP contribution < -0.4 is 11.1 Å². The van der Waals surface area contributed by atoms with Crippen LogP contribution in [0.3, 0.4) is 0 Å². The fraction of sp³-hybridized carbons (Fsp3) is 0.200. The average molecular weight is 160 g/mol. The minimum atomic E-state index is 0.644. The van der Waals surface area contributed by atoms with Crippen LogP contribution in [-0.4, -0.2) is 6.54 Å². The summed E-state index contributed by atoms with van der Waals surface area (Å²) in [4.78, 5) is 0. The highest BCUT2D eigenvalue weighted by Crippen LogP contribution is 1.96. The Morgan fingerprint density at radius 1 is 1.25 bits per heavy atom. The van der Waals surface area contributed by atoms with Gasteiger partial charge >= 0.3 is 0 Å². The van der Waals surface area contributed by atoms with Crippen molar-refractivity contribution in [3.63, 3.8) is 0 Å². The second-order valence-electron chi connectivity index (χ2n) is 2.41. The maximum Gasteiger partial charge on any atom is 0.0597 e. The van der Waals surface area contributed by atoms with Crippen molar-refractivity contribution in [3.8, 4) is 12.0 Å². The Bertz CT molecular complexity index is 269. The lowest BCUT2D eigenvalue weighted by Crippen LogP contribution is -2.13. The number of nitrogens with one attached hydrogen (secondary N) is 1. The van der Waals surface area contributed by atoms with Gasteiger partial charge in [-0.2, -0.15) is 0 Å². The lowest BCUT2D eigenvalue weighted by Gasteiger charge is -1.99. The first-order valence-electron chi connectivity index (χ1n) is 3.86. The number of nitrogens with two attached hydrogens (primary N) is 1. The SMILES string of the molecule is NC#CCNCc1ccccc1. The second kappa shape index (κ2) is 5.22. The Balaban J connectivity index is 2.27. The summed E-state index contributed by atoms with van der Waals surface area (Å²) in [6.45, 7) is 1.49. The molecule has 0 amide bonds. The van der Waals surface area contributed by atoms with Crippen molar-refractivity contribution < 1.29 is 0 Å². The van der Waals surface area contributed by atoms with Crippen LogP contribution in [0.15, 0.2) is 30.3 Å². The third kappa shape index (κ3) is 3.09. The van der Waals surface area contributed by atoms with Crippen LogP contribution in [0.25, 0.3) is 0 Å². The monoisotopic (exact) mass is 160 g/mol. The topological polar surface area (TPSA) is 38.0 Å². The summed E-state index contributed by atoms with van der Waals surface area (Å²) in [5.41, 5.74) is 6.27. The molecule has 0 fully saturated rings. The Kier molecular flexibility index (Phi) is 3.76. The van der Waals surface area contributed by atoms with Crippen molar-refractivity contribution in [1.82, 2.24) is 5.32 Å². The first-order chi connectivity index (χ1) is 5.93. The van der Waals surface area contributed by atoms with E-state index in [0.717, 1.165) is 6.54 Å². The van der Waals surface area contributed by atoms with E-state index in [-0.39, 0.29) is 0 Å². The van der Waals surface area contributed by atoms with E-state index in [2.05, 4.69) is 29.4 Å². The van der Waals surface area contributed by atoms with E-state index in [4.69, 9.17) is 5.73 Å². The molecule has 1 aromatic rings. The molecular formula is C10H12N2. The van der Waals surface area contributed by atoms with Gasteiger partial charge in [-0.05, 0) is 5.56 Å². The highest BCUT2D eigenvalue weighted by Gasteiger charge is 1.86. The average Bonchev–Trinajstić information content (AvgIpc) is 2.14. The molecule has 0 aromatic heterocycles. The lowest BCUT2D eigenvalue weighted by atomic mass is 10.2. The van der Waals surface area contributed by atoms with Gasteiger partial charge in [-0.1, -0.05) is 36.3 Å². The molecular weight excluding hydrogens is 148 g/mol. The number of benzene rings is 1. The van der Waals surface area contributed by atoms with E-state index in [0.29, 0.717) is 6.54 Å². The maximum atomic E-state index is 5.01. The van der Waals surface area contributed by atoms with Gasteiger partial charge in [0.1, 0.15) is 0 Å². The van der Waals surface area contributed by atoms with Crippen LogP contribution in [-0.2, 0) is 6.54 Å².